The maximum Gasteiger partial charge on any atom is 0.0569 e. The van der Waals surface area contributed by atoms with Crippen LogP contribution in [0.1, 0.15) is 72.9 Å². The SMILES string of the molecule is Cc1ccc2ccc(C)c(N(c3ccc(-c4ccccc4)cc3)c3cc(C(C)C)c4ccc5c(N(c6ccccc6-c6ccccc6)c6c(C)ccc7ccc(C)cc67)cc(C(C)C)c6ccc3c4c65)c2c1. The van der Waals surface area contributed by atoms with Crippen molar-refractivity contribution in [3.63, 3.8) is 0 Å². The summed E-state index contributed by atoms with van der Waals surface area (Å²) < 4.78 is 0. The molecular weight excluding hydrogens is 869 g/mol. The second-order valence-corrected chi connectivity index (χ2v) is 20.7. The number of para-hydroxylation sites is 1. The molecule has 350 valence electrons. The summed E-state index contributed by atoms with van der Waals surface area (Å²) in [5.74, 6) is 0.506. The number of hydrogen-bond donors (Lipinski definition) is 0. The zero-order valence-corrected chi connectivity index (χ0v) is 42.7. The lowest BCUT2D eigenvalue weighted by Gasteiger charge is -2.34. The molecular formula is C70H60N2. The van der Waals surface area contributed by atoms with Crippen molar-refractivity contribution >= 4 is 88.0 Å². The summed E-state index contributed by atoms with van der Waals surface area (Å²) in [4.78, 5) is 5.20. The third-order valence-corrected chi connectivity index (χ3v) is 15.3. The van der Waals surface area contributed by atoms with Gasteiger partial charge in [-0.1, -0.05) is 203 Å². The molecule has 12 rings (SSSR count). The lowest BCUT2D eigenvalue weighted by molar-refractivity contribution is 0.875. The lowest BCUT2D eigenvalue weighted by atomic mass is 9.83. The van der Waals surface area contributed by atoms with E-state index in [1.165, 1.54) is 132 Å². The molecule has 0 atom stereocenters. The Morgan fingerprint density at radius 1 is 0.319 bits per heavy atom. The average Bonchev–Trinajstić information content (AvgIpc) is 3.40. The van der Waals surface area contributed by atoms with Crippen LogP contribution in [0.5, 0.6) is 0 Å². The second kappa shape index (κ2) is 17.9. The quantitative estimate of drug-likeness (QED) is 0.126. The van der Waals surface area contributed by atoms with Crippen LogP contribution < -0.4 is 9.80 Å². The van der Waals surface area contributed by atoms with E-state index in [0.29, 0.717) is 0 Å². The minimum atomic E-state index is 0.251. The van der Waals surface area contributed by atoms with Gasteiger partial charge in [-0.25, -0.2) is 0 Å². The van der Waals surface area contributed by atoms with Crippen LogP contribution in [-0.2, 0) is 0 Å². The molecule has 0 N–H and O–H groups in total. The summed E-state index contributed by atoms with van der Waals surface area (Å²) in [6.07, 6.45) is 0. The number of benzene rings is 12. The van der Waals surface area contributed by atoms with Gasteiger partial charge >= 0.3 is 0 Å². The molecule has 0 fully saturated rings. The molecule has 12 aromatic rings. The largest absolute Gasteiger partial charge is 0.309 e. The topological polar surface area (TPSA) is 6.48 Å². The summed E-state index contributed by atoms with van der Waals surface area (Å²) in [6, 6.07) is 77.7. The second-order valence-electron chi connectivity index (χ2n) is 20.7. The van der Waals surface area contributed by atoms with Crippen molar-refractivity contribution in [2.45, 2.75) is 67.2 Å². The van der Waals surface area contributed by atoms with Crippen LogP contribution in [-0.4, -0.2) is 0 Å². The molecule has 0 unspecified atom stereocenters. The van der Waals surface area contributed by atoms with E-state index < -0.39 is 0 Å². The van der Waals surface area contributed by atoms with E-state index in [9.17, 15) is 0 Å². The minimum absolute atomic E-state index is 0.251. The van der Waals surface area contributed by atoms with E-state index in [1.54, 1.807) is 0 Å². The van der Waals surface area contributed by atoms with Crippen molar-refractivity contribution in [3.8, 4) is 22.3 Å². The number of fused-ring (bicyclic) bond motifs is 2. The molecule has 0 aromatic heterocycles. The summed E-state index contributed by atoms with van der Waals surface area (Å²) in [6.45, 7) is 18.4. The molecule has 0 amide bonds. The predicted octanol–water partition coefficient (Wildman–Crippen LogP) is 20.6. The third-order valence-electron chi connectivity index (χ3n) is 15.3. The molecule has 0 spiro atoms. The van der Waals surface area contributed by atoms with Crippen LogP contribution >= 0.6 is 0 Å². The molecule has 0 saturated heterocycles. The summed E-state index contributed by atoms with van der Waals surface area (Å²) in [7, 11) is 0. The van der Waals surface area contributed by atoms with Gasteiger partial charge in [-0.05, 0) is 153 Å². The standard InChI is InChI=1S/C70H60N2/c1-43(2)60-41-65(71(54-33-31-50(32-34-54)49-17-11-9-12-18-49)69-47(7)25-29-52-27-23-45(5)39-62(52)69)58-37-35-57-61(44(3)4)42-66(59-38-36-56(60)67(58)68(57)59)72(64-22-16-15-21-55(64)51-19-13-10-14-20-51)70-48(8)26-30-53-28-24-46(6)40-63(53)70/h9-44H,1-8H3. The monoisotopic (exact) mass is 928 g/mol. The van der Waals surface area contributed by atoms with Gasteiger partial charge in [0, 0.05) is 32.8 Å². The first-order chi connectivity index (χ1) is 35.0. The highest BCUT2D eigenvalue weighted by molar-refractivity contribution is 6.30. The van der Waals surface area contributed by atoms with Gasteiger partial charge in [-0.15, -0.1) is 0 Å². The maximum absolute atomic E-state index is 2.61. The van der Waals surface area contributed by atoms with E-state index in [4.69, 9.17) is 0 Å². The molecule has 12 aromatic carbocycles. The number of hydrogen-bond acceptors (Lipinski definition) is 2. The summed E-state index contributed by atoms with van der Waals surface area (Å²) in [5, 5.41) is 12.7. The number of nitrogens with zero attached hydrogens (tertiary/aromatic N) is 2. The highest BCUT2D eigenvalue weighted by Crippen LogP contribution is 2.54. The lowest BCUT2D eigenvalue weighted by Crippen LogP contribution is -2.15. The Kier molecular flexibility index (Phi) is 11.2. The van der Waals surface area contributed by atoms with Crippen LogP contribution in [0.3, 0.4) is 0 Å². The maximum atomic E-state index is 2.61. The van der Waals surface area contributed by atoms with Crippen molar-refractivity contribution in [3.05, 3.63) is 240 Å². The van der Waals surface area contributed by atoms with Gasteiger partial charge in [-0.3, -0.25) is 0 Å². The normalized spacial score (nSPS) is 11.9. The first kappa shape index (κ1) is 45.0. The Labute approximate surface area is 424 Å². The van der Waals surface area contributed by atoms with E-state index in [-0.39, 0.29) is 11.8 Å². The van der Waals surface area contributed by atoms with E-state index >= 15 is 0 Å². The van der Waals surface area contributed by atoms with E-state index in [2.05, 4.69) is 271 Å². The molecule has 0 saturated carbocycles. The first-order valence-corrected chi connectivity index (χ1v) is 25.7. The third kappa shape index (κ3) is 7.48. The molecule has 0 radical (unpaired) electrons. The molecule has 72 heavy (non-hydrogen) atoms. The fourth-order valence-electron chi connectivity index (χ4n) is 11.7. The van der Waals surface area contributed by atoms with Crippen molar-refractivity contribution in [1.29, 1.82) is 0 Å². The van der Waals surface area contributed by atoms with Gasteiger partial charge in [0.1, 0.15) is 0 Å². The molecule has 0 aliphatic heterocycles. The fourth-order valence-corrected chi connectivity index (χ4v) is 11.7. The van der Waals surface area contributed by atoms with Crippen LogP contribution in [0.4, 0.5) is 34.1 Å². The molecule has 2 nitrogen and oxygen atoms in total. The van der Waals surface area contributed by atoms with Crippen molar-refractivity contribution in [2.24, 2.45) is 0 Å². The zero-order chi connectivity index (χ0) is 49.4. The first-order valence-electron chi connectivity index (χ1n) is 25.7. The molecule has 2 heteroatoms. The predicted molar refractivity (Wildman–Crippen MR) is 313 cm³/mol. The Balaban J connectivity index is 1.22. The number of rotatable bonds is 10. The number of anilines is 6. The van der Waals surface area contributed by atoms with Crippen LogP contribution in [0.2, 0.25) is 0 Å². The Hall–Kier alpha value is -8.20. The Bertz CT molecular complexity index is 4000. The molecule has 0 aliphatic carbocycles. The van der Waals surface area contributed by atoms with Crippen molar-refractivity contribution in [2.75, 3.05) is 9.80 Å². The van der Waals surface area contributed by atoms with Gasteiger partial charge < -0.3 is 9.80 Å². The van der Waals surface area contributed by atoms with Crippen LogP contribution in [0.25, 0.3) is 76.1 Å². The summed E-state index contributed by atoms with van der Waals surface area (Å²) in [5.41, 5.74) is 19.5. The van der Waals surface area contributed by atoms with Gasteiger partial charge in [0.2, 0.25) is 0 Å². The minimum Gasteiger partial charge on any atom is -0.309 e. The van der Waals surface area contributed by atoms with Gasteiger partial charge in [-0.2, -0.15) is 0 Å². The fraction of sp³-hybridized carbons (Fsp3) is 0.143. The highest BCUT2D eigenvalue weighted by atomic mass is 15.2. The van der Waals surface area contributed by atoms with Crippen molar-refractivity contribution < 1.29 is 0 Å². The molecule has 0 heterocycles. The van der Waals surface area contributed by atoms with Crippen LogP contribution in [0.15, 0.2) is 206 Å². The van der Waals surface area contributed by atoms with E-state index in [1.807, 2.05) is 0 Å². The molecule has 0 bridgehead atoms. The van der Waals surface area contributed by atoms with Crippen LogP contribution in [0, 0.1) is 27.7 Å². The van der Waals surface area contributed by atoms with E-state index in [0.717, 1.165) is 11.4 Å². The Morgan fingerprint density at radius 2 is 0.750 bits per heavy atom. The average molecular weight is 929 g/mol. The number of aryl methyl sites for hydroxylation is 4. The smallest absolute Gasteiger partial charge is 0.0569 e. The van der Waals surface area contributed by atoms with Gasteiger partial charge in [0.25, 0.3) is 0 Å². The highest BCUT2D eigenvalue weighted by Gasteiger charge is 2.29. The summed E-state index contributed by atoms with van der Waals surface area (Å²) >= 11 is 0. The van der Waals surface area contributed by atoms with Crippen molar-refractivity contribution in [1.82, 2.24) is 0 Å². The van der Waals surface area contributed by atoms with Gasteiger partial charge in [0.15, 0.2) is 0 Å². The molecule has 0 aliphatic rings. The zero-order valence-electron chi connectivity index (χ0n) is 42.7. The Morgan fingerprint density at radius 3 is 1.28 bits per heavy atom. The van der Waals surface area contributed by atoms with Gasteiger partial charge in [0.05, 0.1) is 28.4 Å².